The van der Waals surface area contributed by atoms with Gasteiger partial charge in [-0.15, -0.1) is 0 Å². The average Bonchev–Trinajstić information content (AvgIpc) is 3.41. The van der Waals surface area contributed by atoms with E-state index in [1.807, 2.05) is 39.0 Å². The quantitative estimate of drug-likeness (QED) is 0.0692. The predicted octanol–water partition coefficient (Wildman–Crippen LogP) is 11.2. The Balaban J connectivity index is 0.000000334. The van der Waals surface area contributed by atoms with E-state index in [0.29, 0.717) is 3.46 Å². The molecule has 4 nitrogen and oxygen atoms in total. The maximum atomic E-state index is 11.7. The fourth-order valence-electron chi connectivity index (χ4n) is 5.93. The van der Waals surface area contributed by atoms with Crippen molar-refractivity contribution in [2.45, 2.75) is 104 Å². The van der Waals surface area contributed by atoms with E-state index in [2.05, 4.69) is 96.1 Å². The molecule has 0 bridgehead atoms. The minimum Gasteiger partial charge on any atom is -0.512 e. The van der Waals surface area contributed by atoms with Gasteiger partial charge in [0, 0.05) is 38.0 Å². The first-order valence-corrected chi connectivity index (χ1v) is 20.1. The zero-order chi connectivity index (χ0) is 34.5. The van der Waals surface area contributed by atoms with Crippen molar-refractivity contribution in [3.8, 4) is 11.3 Å². The third-order valence-corrected chi connectivity index (χ3v) is 13.6. The maximum absolute atomic E-state index is 11.7. The number of hydrogen-bond donors (Lipinski definition) is 1. The van der Waals surface area contributed by atoms with Gasteiger partial charge in [-0.1, -0.05) is 27.7 Å². The fraction of sp³-hybridized carbons (Fsp3) is 0.439. The average molecular weight is 956 g/mol. The second-order valence-corrected chi connectivity index (χ2v) is 20.6. The first-order chi connectivity index (χ1) is 22.2. The summed E-state index contributed by atoms with van der Waals surface area (Å²) >= 11 is 1.54. The molecule has 5 aromatic rings. The van der Waals surface area contributed by atoms with E-state index in [0.717, 1.165) is 47.8 Å². The summed E-state index contributed by atoms with van der Waals surface area (Å²) in [5.74, 6) is 0.547. The number of carbonyl (C=O) groups excluding carboxylic acids is 1. The second-order valence-electron chi connectivity index (χ2n) is 14.2. The van der Waals surface area contributed by atoms with Gasteiger partial charge in [0.1, 0.15) is 0 Å². The van der Waals surface area contributed by atoms with Gasteiger partial charge in [0.25, 0.3) is 0 Å². The molecule has 259 valence electrons. The van der Waals surface area contributed by atoms with Crippen molar-refractivity contribution in [1.82, 2.24) is 9.97 Å². The van der Waals surface area contributed by atoms with Gasteiger partial charge < -0.3 is 5.11 Å². The number of nitrogens with zero attached hydrogens (tertiary/aromatic N) is 2. The van der Waals surface area contributed by atoms with E-state index in [9.17, 15) is 9.90 Å². The van der Waals surface area contributed by atoms with Crippen LogP contribution in [0.25, 0.3) is 42.3 Å². The smallest absolute Gasteiger partial charge is 0.162 e. The molecule has 48 heavy (non-hydrogen) atoms. The first kappa shape index (κ1) is 40.3. The van der Waals surface area contributed by atoms with Crippen LogP contribution in [0.1, 0.15) is 100 Å². The summed E-state index contributed by atoms with van der Waals surface area (Å²) in [6.07, 6.45) is 6.63. The van der Waals surface area contributed by atoms with Crippen molar-refractivity contribution >= 4 is 72.7 Å². The molecule has 2 aromatic heterocycles. The third-order valence-electron chi connectivity index (χ3n) is 8.58. The Labute approximate surface area is 315 Å². The van der Waals surface area contributed by atoms with Crippen LogP contribution in [-0.2, 0) is 30.3 Å². The molecule has 0 unspecified atom stereocenters. The summed E-state index contributed by atoms with van der Waals surface area (Å²) in [4.78, 5) is 21.2. The van der Waals surface area contributed by atoms with Crippen molar-refractivity contribution < 1.29 is 30.0 Å². The third kappa shape index (κ3) is 9.55. The summed E-state index contributed by atoms with van der Waals surface area (Å²) in [5, 5.41) is 13.4. The van der Waals surface area contributed by atoms with Crippen LogP contribution >= 0.6 is 11.3 Å². The zero-order valence-corrected chi connectivity index (χ0v) is 35.7. The van der Waals surface area contributed by atoms with Gasteiger partial charge in [-0.3, -0.25) is 4.79 Å². The number of hydrogen-bond acceptors (Lipinski definition) is 5. The minimum atomic E-state index is -0.321. The summed E-state index contributed by atoms with van der Waals surface area (Å²) in [5.41, 5.74) is 4.48. The molecule has 1 radical (unpaired) electrons. The van der Waals surface area contributed by atoms with Crippen molar-refractivity contribution in [2.75, 3.05) is 0 Å². The largest absolute Gasteiger partial charge is 0.512 e. The number of benzene rings is 3. The van der Waals surface area contributed by atoms with Crippen molar-refractivity contribution in [3.63, 3.8) is 0 Å². The van der Waals surface area contributed by atoms with E-state index in [4.69, 9.17) is 9.97 Å². The molecule has 2 heterocycles. The molecule has 0 aliphatic rings. The summed E-state index contributed by atoms with van der Waals surface area (Å²) in [6, 6.07) is 21.3. The van der Waals surface area contributed by atoms with Gasteiger partial charge in [-0.05, 0) is 25.7 Å². The van der Waals surface area contributed by atoms with Gasteiger partial charge in [0.05, 0.1) is 5.76 Å². The SMILES string of the molecule is CC(C)(C)[Te]c1cccc2c1sc1c(-c3[c-]c4ccccc4c(C(C)(C)C)c3)ncnc12.CCC(CC)C(=O)/C=C(\O)C(CC)CC.[Ir]. The summed E-state index contributed by atoms with van der Waals surface area (Å²) < 4.78 is 4.44. The van der Waals surface area contributed by atoms with E-state index >= 15 is 0 Å². The molecular formula is C41H51IrN2O2STe-. The van der Waals surface area contributed by atoms with Gasteiger partial charge in [-0.2, -0.15) is 0 Å². The van der Waals surface area contributed by atoms with E-state index in [-0.39, 0.29) is 69.8 Å². The Kier molecular flexibility index (Phi) is 14.4. The van der Waals surface area contributed by atoms with Crippen LogP contribution in [0.2, 0.25) is 3.46 Å². The first-order valence-electron chi connectivity index (χ1n) is 17.0. The standard InChI is InChI=1S/C28H27N2STe.C13H24O2.Ir/c1-27(2,3)21-15-18(14-17-10-7-8-11-19(17)21)23-26-24(30-16-29-23)20-12-9-13-22(25(20)31-26)32-28(4,5)6;1-5-10(6-2)12(14)9-13(15)11(7-3)8-4;/h7-13,15-16H,1-6H3;9-11,14H,5-8H2,1-4H3;/q-1;;/b;12-9-;. The number of ketones is 1. The molecule has 0 fully saturated rings. The van der Waals surface area contributed by atoms with Crippen LogP contribution in [0.15, 0.2) is 66.7 Å². The van der Waals surface area contributed by atoms with Gasteiger partial charge in [0.15, 0.2) is 5.78 Å². The Morgan fingerprint density at radius 3 is 2.10 bits per heavy atom. The Morgan fingerprint density at radius 2 is 1.50 bits per heavy atom. The number of aromatic nitrogens is 2. The normalized spacial score (nSPS) is 12.5. The fourth-order valence-corrected chi connectivity index (χ4v) is 10.6. The molecule has 0 aliphatic carbocycles. The van der Waals surface area contributed by atoms with Crippen LogP contribution in [-0.4, -0.2) is 41.8 Å². The molecule has 0 atom stereocenters. The molecule has 0 saturated heterocycles. The number of rotatable bonds is 9. The monoisotopic (exact) mass is 958 g/mol. The van der Waals surface area contributed by atoms with Gasteiger partial charge in [0.2, 0.25) is 0 Å². The Morgan fingerprint density at radius 1 is 0.875 bits per heavy atom. The number of aliphatic hydroxyl groups is 1. The van der Waals surface area contributed by atoms with Crippen LogP contribution < -0.4 is 3.61 Å². The van der Waals surface area contributed by atoms with E-state index < -0.39 is 0 Å². The maximum Gasteiger partial charge on any atom is 0.162 e. The van der Waals surface area contributed by atoms with Gasteiger partial charge >= 0.3 is 205 Å². The summed E-state index contributed by atoms with van der Waals surface area (Å²) in [7, 11) is 0. The summed E-state index contributed by atoms with van der Waals surface area (Å²) in [6.45, 7) is 22.0. The van der Waals surface area contributed by atoms with E-state index in [1.54, 1.807) is 6.33 Å². The number of carbonyl (C=O) groups is 1. The Hall–Kier alpha value is -2.13. The molecule has 3 aromatic carbocycles. The molecule has 1 N–H and O–H groups in total. The molecule has 0 spiro atoms. The number of thiophene rings is 1. The van der Waals surface area contributed by atoms with Crippen LogP contribution in [0.5, 0.6) is 0 Å². The topological polar surface area (TPSA) is 63.1 Å². The number of fused-ring (bicyclic) bond motifs is 4. The number of aliphatic hydroxyl groups excluding tert-OH is 1. The number of allylic oxidation sites excluding steroid dienone is 2. The van der Waals surface area contributed by atoms with Crippen molar-refractivity contribution in [1.29, 1.82) is 0 Å². The van der Waals surface area contributed by atoms with Gasteiger partial charge in [-0.25, -0.2) is 0 Å². The zero-order valence-electron chi connectivity index (χ0n) is 30.2. The molecule has 5 rings (SSSR count). The molecule has 7 heteroatoms. The van der Waals surface area contributed by atoms with Crippen molar-refractivity contribution in [2.24, 2.45) is 11.8 Å². The predicted molar refractivity (Wildman–Crippen MR) is 204 cm³/mol. The molecular weight excluding hydrogens is 904 g/mol. The molecule has 0 saturated carbocycles. The molecule has 0 amide bonds. The second kappa shape index (κ2) is 17.2. The Bertz CT molecular complexity index is 1880. The minimum absolute atomic E-state index is 0. The van der Waals surface area contributed by atoms with Crippen LogP contribution in [0.4, 0.5) is 0 Å². The van der Waals surface area contributed by atoms with Crippen molar-refractivity contribution in [3.05, 3.63) is 78.3 Å². The van der Waals surface area contributed by atoms with E-state index in [1.165, 1.54) is 35.4 Å². The molecule has 0 aliphatic heterocycles. The van der Waals surface area contributed by atoms with Crippen LogP contribution in [0.3, 0.4) is 0 Å². The van der Waals surface area contributed by atoms with Crippen LogP contribution in [0, 0.1) is 17.9 Å².